The summed E-state index contributed by atoms with van der Waals surface area (Å²) in [5.74, 6) is 0.618. The number of aromatic nitrogens is 1. The first-order valence-corrected chi connectivity index (χ1v) is 5.89. The fraction of sp³-hybridized carbons (Fsp3) is 0.615. The van der Waals surface area contributed by atoms with Crippen LogP contribution in [0.4, 0.5) is 5.82 Å². The predicted molar refractivity (Wildman–Crippen MR) is 69.9 cm³/mol. The van der Waals surface area contributed by atoms with Gasteiger partial charge in [0.2, 0.25) is 0 Å². The van der Waals surface area contributed by atoms with Gasteiger partial charge in [0, 0.05) is 6.20 Å². The highest BCUT2D eigenvalue weighted by Crippen LogP contribution is 2.01. The van der Waals surface area contributed by atoms with Gasteiger partial charge in [0.05, 0.1) is 0 Å². The van der Waals surface area contributed by atoms with Crippen molar-refractivity contribution in [1.82, 2.24) is 4.98 Å². The molecule has 0 unspecified atom stereocenters. The molecule has 15 heavy (non-hydrogen) atoms. The molecule has 1 aromatic rings. The average molecular weight is 210 g/mol. The van der Waals surface area contributed by atoms with Crippen molar-refractivity contribution >= 4 is 5.82 Å². The maximum atomic E-state index is 5.41. The van der Waals surface area contributed by atoms with Gasteiger partial charge in [-0.15, -0.1) is 0 Å². The van der Waals surface area contributed by atoms with Gasteiger partial charge in [0.25, 0.3) is 0 Å². The standard InChI is InChI=1S/C6H8N2.C5H12.C2H6/c1-5-3-2-4-8-6(5)7;1-3-5-4-2;1-2/h2-4H,1H3,(H2,7,8);3-5H2,1-2H3;1-2H3. The summed E-state index contributed by atoms with van der Waals surface area (Å²) < 4.78 is 0. The van der Waals surface area contributed by atoms with Crippen LogP contribution in [-0.4, -0.2) is 4.98 Å². The Morgan fingerprint density at radius 2 is 1.73 bits per heavy atom. The third-order valence-corrected chi connectivity index (χ3v) is 1.76. The fourth-order valence-corrected chi connectivity index (χ4v) is 0.851. The van der Waals surface area contributed by atoms with Crippen molar-refractivity contribution < 1.29 is 0 Å². The normalized spacial score (nSPS) is 8.07. The predicted octanol–water partition coefficient (Wildman–Crippen LogP) is 4.19. The van der Waals surface area contributed by atoms with E-state index in [0.717, 1.165) is 5.56 Å². The van der Waals surface area contributed by atoms with E-state index >= 15 is 0 Å². The number of aryl methyl sites for hydroxylation is 1. The van der Waals surface area contributed by atoms with E-state index in [1.54, 1.807) is 6.20 Å². The zero-order valence-electron chi connectivity index (χ0n) is 10.9. The van der Waals surface area contributed by atoms with Gasteiger partial charge in [0.15, 0.2) is 0 Å². The van der Waals surface area contributed by atoms with Crippen molar-refractivity contribution in [2.45, 2.75) is 53.9 Å². The van der Waals surface area contributed by atoms with Crippen LogP contribution in [0.25, 0.3) is 0 Å². The van der Waals surface area contributed by atoms with E-state index in [9.17, 15) is 0 Å². The molecule has 0 amide bonds. The smallest absolute Gasteiger partial charge is 0.126 e. The molecule has 0 aromatic carbocycles. The van der Waals surface area contributed by atoms with E-state index in [2.05, 4.69) is 18.8 Å². The van der Waals surface area contributed by atoms with Gasteiger partial charge in [-0.3, -0.25) is 0 Å². The highest BCUT2D eigenvalue weighted by molar-refractivity contribution is 5.36. The van der Waals surface area contributed by atoms with Gasteiger partial charge >= 0.3 is 0 Å². The molecular weight excluding hydrogens is 184 g/mol. The van der Waals surface area contributed by atoms with Crippen LogP contribution in [0.2, 0.25) is 0 Å². The first kappa shape index (κ1) is 16.4. The minimum absolute atomic E-state index is 0.618. The Balaban J connectivity index is 0. The number of anilines is 1. The quantitative estimate of drug-likeness (QED) is 0.794. The Bertz CT molecular complexity index is 199. The topological polar surface area (TPSA) is 38.9 Å². The van der Waals surface area contributed by atoms with Crippen LogP contribution < -0.4 is 5.73 Å². The minimum atomic E-state index is 0.618. The summed E-state index contributed by atoms with van der Waals surface area (Å²) in [6.45, 7) is 10.4. The van der Waals surface area contributed by atoms with Crippen LogP contribution in [0.5, 0.6) is 0 Å². The highest BCUT2D eigenvalue weighted by atomic mass is 14.8. The van der Waals surface area contributed by atoms with Gasteiger partial charge in [-0.2, -0.15) is 0 Å². The number of rotatable bonds is 2. The summed E-state index contributed by atoms with van der Waals surface area (Å²) in [5, 5.41) is 0. The lowest BCUT2D eigenvalue weighted by molar-refractivity contribution is 0.772. The molecule has 2 N–H and O–H groups in total. The number of hydrogen-bond acceptors (Lipinski definition) is 2. The highest BCUT2D eigenvalue weighted by Gasteiger charge is 1.86. The van der Waals surface area contributed by atoms with E-state index in [1.165, 1.54) is 19.3 Å². The van der Waals surface area contributed by atoms with E-state index in [-0.39, 0.29) is 0 Å². The zero-order valence-corrected chi connectivity index (χ0v) is 10.9. The lowest BCUT2D eigenvalue weighted by Gasteiger charge is -1.92. The molecule has 0 atom stereocenters. The summed E-state index contributed by atoms with van der Waals surface area (Å²) in [5.41, 5.74) is 6.44. The lowest BCUT2D eigenvalue weighted by Crippen LogP contribution is -1.90. The van der Waals surface area contributed by atoms with Gasteiger partial charge < -0.3 is 5.73 Å². The van der Waals surface area contributed by atoms with Crippen molar-refractivity contribution in [2.24, 2.45) is 0 Å². The molecule has 0 aliphatic heterocycles. The van der Waals surface area contributed by atoms with Crippen LogP contribution in [-0.2, 0) is 0 Å². The summed E-state index contributed by atoms with van der Waals surface area (Å²) in [6.07, 6.45) is 5.76. The molecule has 0 spiro atoms. The molecule has 2 heteroatoms. The fourth-order valence-electron chi connectivity index (χ4n) is 0.851. The molecule has 0 bridgehead atoms. The van der Waals surface area contributed by atoms with Gasteiger partial charge in [0.1, 0.15) is 5.82 Å². The lowest BCUT2D eigenvalue weighted by atomic mass is 10.3. The number of nitrogens with two attached hydrogens (primary N) is 1. The number of unbranched alkanes of at least 4 members (excludes halogenated alkanes) is 2. The maximum Gasteiger partial charge on any atom is 0.126 e. The second-order valence-corrected chi connectivity index (χ2v) is 3.06. The van der Waals surface area contributed by atoms with Crippen LogP contribution in [0, 0.1) is 6.92 Å². The first-order valence-electron chi connectivity index (χ1n) is 5.89. The van der Waals surface area contributed by atoms with Gasteiger partial charge in [-0.05, 0) is 18.6 Å². The second-order valence-electron chi connectivity index (χ2n) is 3.06. The molecule has 0 saturated carbocycles. The third kappa shape index (κ3) is 10.9. The Kier molecular flexibility index (Phi) is 14.1. The monoisotopic (exact) mass is 210 g/mol. The van der Waals surface area contributed by atoms with Crippen LogP contribution >= 0.6 is 0 Å². The number of nitrogens with zero attached hydrogens (tertiary/aromatic N) is 1. The molecule has 0 saturated heterocycles. The Morgan fingerprint density at radius 1 is 1.20 bits per heavy atom. The van der Waals surface area contributed by atoms with Crippen molar-refractivity contribution in [3.8, 4) is 0 Å². The van der Waals surface area contributed by atoms with E-state index in [0.29, 0.717) is 5.82 Å². The third-order valence-electron chi connectivity index (χ3n) is 1.76. The molecule has 0 fully saturated rings. The average Bonchev–Trinajstić information content (AvgIpc) is 2.27. The Hall–Kier alpha value is -1.05. The van der Waals surface area contributed by atoms with E-state index < -0.39 is 0 Å². The molecule has 1 rings (SSSR count). The number of nitrogen functional groups attached to an aromatic ring is 1. The van der Waals surface area contributed by atoms with Gasteiger partial charge in [-0.1, -0.05) is 53.0 Å². The summed E-state index contributed by atoms with van der Waals surface area (Å²) in [4.78, 5) is 3.86. The molecule has 2 nitrogen and oxygen atoms in total. The Labute approximate surface area is 94.9 Å². The Morgan fingerprint density at radius 3 is 1.93 bits per heavy atom. The summed E-state index contributed by atoms with van der Waals surface area (Å²) >= 11 is 0. The minimum Gasteiger partial charge on any atom is -0.383 e. The second kappa shape index (κ2) is 12.9. The zero-order chi connectivity index (χ0) is 12.1. The molecule has 1 heterocycles. The summed E-state index contributed by atoms with van der Waals surface area (Å²) in [7, 11) is 0. The number of pyridine rings is 1. The molecule has 0 aliphatic rings. The first-order chi connectivity index (χ1) is 7.22. The van der Waals surface area contributed by atoms with Gasteiger partial charge in [-0.25, -0.2) is 4.98 Å². The SMILES string of the molecule is CC.CCCCC.Cc1cccnc1N. The molecular formula is C13H26N2. The molecule has 88 valence electrons. The van der Waals surface area contributed by atoms with Crippen molar-refractivity contribution in [3.05, 3.63) is 23.9 Å². The van der Waals surface area contributed by atoms with Crippen molar-refractivity contribution in [1.29, 1.82) is 0 Å². The molecule has 0 radical (unpaired) electrons. The van der Waals surface area contributed by atoms with E-state index in [4.69, 9.17) is 5.73 Å². The van der Waals surface area contributed by atoms with Crippen LogP contribution in [0.1, 0.15) is 52.5 Å². The van der Waals surface area contributed by atoms with E-state index in [1.807, 2.05) is 32.9 Å². The largest absolute Gasteiger partial charge is 0.383 e. The van der Waals surface area contributed by atoms with Crippen molar-refractivity contribution in [3.63, 3.8) is 0 Å². The maximum absolute atomic E-state index is 5.41. The summed E-state index contributed by atoms with van der Waals surface area (Å²) in [6, 6.07) is 3.80. The van der Waals surface area contributed by atoms with Crippen LogP contribution in [0.15, 0.2) is 18.3 Å². The molecule has 1 aromatic heterocycles. The van der Waals surface area contributed by atoms with Crippen molar-refractivity contribution in [2.75, 3.05) is 5.73 Å². The van der Waals surface area contributed by atoms with Crippen LogP contribution in [0.3, 0.4) is 0 Å². The molecule has 0 aliphatic carbocycles. The number of hydrogen-bond donors (Lipinski definition) is 1.